The van der Waals surface area contributed by atoms with Crippen molar-refractivity contribution in [1.29, 1.82) is 0 Å². The lowest BCUT2D eigenvalue weighted by molar-refractivity contribution is 0.224. The molecule has 0 saturated carbocycles. The summed E-state index contributed by atoms with van der Waals surface area (Å²) in [7, 11) is -6.51. The van der Waals surface area contributed by atoms with E-state index in [0.29, 0.717) is 24.3 Å². The van der Waals surface area contributed by atoms with Crippen molar-refractivity contribution >= 4 is 20.0 Å². The molecule has 0 bridgehead atoms. The van der Waals surface area contributed by atoms with Gasteiger partial charge < -0.3 is 9.47 Å². The smallest absolute Gasteiger partial charge is 0.211 e. The summed E-state index contributed by atoms with van der Waals surface area (Å²) < 4.78 is 63.8. The second-order valence-electron chi connectivity index (χ2n) is 8.24. The molecule has 2 N–H and O–H groups in total. The summed E-state index contributed by atoms with van der Waals surface area (Å²) in [6.45, 7) is 7.70. The molecule has 2 aromatic carbocycles. The van der Waals surface area contributed by atoms with Crippen LogP contribution in [0.15, 0.2) is 48.5 Å². The van der Waals surface area contributed by atoms with Crippen molar-refractivity contribution in [3.8, 4) is 22.6 Å². The van der Waals surface area contributed by atoms with Gasteiger partial charge in [0.25, 0.3) is 0 Å². The van der Waals surface area contributed by atoms with Crippen LogP contribution in [-0.4, -0.2) is 53.6 Å². The third-order valence-corrected chi connectivity index (χ3v) is 7.95. The molecule has 0 fully saturated rings. The van der Waals surface area contributed by atoms with Crippen molar-refractivity contribution < 1.29 is 26.3 Å². The van der Waals surface area contributed by atoms with E-state index >= 15 is 0 Å². The normalized spacial score (nSPS) is 13.9. The van der Waals surface area contributed by atoms with Gasteiger partial charge in [-0.05, 0) is 62.1 Å². The van der Waals surface area contributed by atoms with Gasteiger partial charge in [0.1, 0.15) is 23.7 Å². The minimum Gasteiger partial charge on any atom is -0.489 e. The van der Waals surface area contributed by atoms with E-state index in [4.69, 9.17) is 9.47 Å². The van der Waals surface area contributed by atoms with Crippen LogP contribution < -0.4 is 18.9 Å². The molecule has 0 aliphatic heterocycles. The summed E-state index contributed by atoms with van der Waals surface area (Å²) in [5.74, 6) is 1.53. The Balaban J connectivity index is 1.87. The van der Waals surface area contributed by atoms with E-state index in [1.807, 2.05) is 76.2 Å². The highest BCUT2D eigenvalue weighted by atomic mass is 32.2. The van der Waals surface area contributed by atoms with Crippen LogP contribution in [0.2, 0.25) is 0 Å². The first-order chi connectivity index (χ1) is 16.0. The maximum absolute atomic E-state index is 11.8. The lowest BCUT2D eigenvalue weighted by Gasteiger charge is -2.16. The highest BCUT2D eigenvalue weighted by molar-refractivity contribution is 7.89. The molecule has 2 atom stereocenters. The molecule has 0 aliphatic carbocycles. The van der Waals surface area contributed by atoms with Crippen molar-refractivity contribution in [1.82, 2.24) is 9.44 Å². The van der Waals surface area contributed by atoms with E-state index < -0.39 is 20.0 Å². The average Bonchev–Trinajstić information content (AvgIpc) is 2.78. The van der Waals surface area contributed by atoms with Gasteiger partial charge in [0.2, 0.25) is 20.0 Å². The number of sulfonamides is 2. The Labute approximate surface area is 204 Å². The molecule has 0 aromatic heterocycles. The Kier molecular flexibility index (Phi) is 10.8. The highest BCUT2D eigenvalue weighted by Gasteiger charge is 2.13. The minimum absolute atomic E-state index is 0.106. The topological polar surface area (TPSA) is 111 Å². The lowest BCUT2D eigenvalue weighted by atomic mass is 10.1. The molecule has 0 saturated heterocycles. The van der Waals surface area contributed by atoms with Gasteiger partial charge in [-0.15, -0.1) is 0 Å². The SMILES string of the molecule is CCCS(=O)(=O)NCC(C)Oc1ccc(-c2ccc(OC(C)CNS(=O)(=O)CCC)cc2)cc1. The summed E-state index contributed by atoms with van der Waals surface area (Å²) in [4.78, 5) is 0. The number of rotatable bonds is 15. The predicted molar refractivity (Wildman–Crippen MR) is 136 cm³/mol. The van der Waals surface area contributed by atoms with Crippen molar-refractivity contribution in [2.75, 3.05) is 24.6 Å². The van der Waals surface area contributed by atoms with Gasteiger partial charge in [-0.3, -0.25) is 0 Å². The zero-order valence-corrected chi connectivity index (χ0v) is 21.9. The molecule has 34 heavy (non-hydrogen) atoms. The Bertz CT molecular complexity index is 996. The number of hydrogen-bond acceptors (Lipinski definition) is 6. The van der Waals surface area contributed by atoms with Gasteiger partial charge in [-0.25, -0.2) is 26.3 Å². The summed E-state index contributed by atoms with van der Waals surface area (Å²) >= 11 is 0. The fraction of sp³-hybridized carbons (Fsp3) is 0.500. The third-order valence-electron chi connectivity index (χ3n) is 4.84. The van der Waals surface area contributed by atoms with E-state index in [-0.39, 0.29) is 36.8 Å². The molecule has 2 aromatic rings. The van der Waals surface area contributed by atoms with E-state index in [2.05, 4.69) is 9.44 Å². The Morgan fingerprint density at radius 3 is 1.26 bits per heavy atom. The summed E-state index contributed by atoms with van der Waals surface area (Å²) in [5.41, 5.74) is 1.99. The fourth-order valence-corrected chi connectivity index (χ4v) is 5.51. The summed E-state index contributed by atoms with van der Waals surface area (Å²) in [6.07, 6.45) is 0.530. The zero-order chi connectivity index (χ0) is 25.2. The van der Waals surface area contributed by atoms with Crippen molar-refractivity contribution in [3.63, 3.8) is 0 Å². The molecule has 0 aliphatic rings. The van der Waals surface area contributed by atoms with Gasteiger partial charge >= 0.3 is 0 Å². The molecule has 0 heterocycles. The molecule has 2 rings (SSSR count). The average molecular weight is 513 g/mol. The van der Waals surface area contributed by atoms with Crippen molar-refractivity contribution in [3.05, 3.63) is 48.5 Å². The summed E-state index contributed by atoms with van der Waals surface area (Å²) in [5, 5.41) is 0. The van der Waals surface area contributed by atoms with E-state index in [1.54, 1.807) is 0 Å². The number of ether oxygens (including phenoxy) is 2. The van der Waals surface area contributed by atoms with Crippen LogP contribution in [0.4, 0.5) is 0 Å². The second kappa shape index (κ2) is 13.1. The van der Waals surface area contributed by atoms with Gasteiger partial charge in [-0.2, -0.15) is 0 Å². The largest absolute Gasteiger partial charge is 0.489 e. The first kappa shape index (κ1) is 28.1. The van der Waals surface area contributed by atoms with Gasteiger partial charge in [0, 0.05) is 13.1 Å². The van der Waals surface area contributed by atoms with E-state index in [0.717, 1.165) is 11.1 Å². The van der Waals surface area contributed by atoms with E-state index in [1.165, 1.54) is 0 Å². The Hall–Kier alpha value is -2.14. The number of benzene rings is 2. The van der Waals surface area contributed by atoms with Crippen molar-refractivity contribution in [2.45, 2.75) is 52.7 Å². The monoisotopic (exact) mass is 512 g/mol. The Morgan fingerprint density at radius 1 is 0.647 bits per heavy atom. The van der Waals surface area contributed by atoms with Crippen LogP contribution in [0.25, 0.3) is 11.1 Å². The molecule has 190 valence electrons. The molecule has 0 spiro atoms. The molecule has 2 unspecified atom stereocenters. The Morgan fingerprint density at radius 2 is 0.971 bits per heavy atom. The van der Waals surface area contributed by atoms with Crippen LogP contribution in [0.1, 0.15) is 40.5 Å². The molecule has 10 heteroatoms. The standard InChI is InChI=1S/C24H36N2O6S2/c1-5-15-33(27,28)25-17-19(3)31-23-11-7-21(8-12-23)22-9-13-24(14-10-22)32-20(4)18-26-34(29,30)16-6-2/h7-14,19-20,25-26H,5-6,15-18H2,1-4H3. The van der Waals surface area contributed by atoms with Crippen LogP contribution in [0.5, 0.6) is 11.5 Å². The fourth-order valence-electron chi connectivity index (χ4n) is 3.17. The number of nitrogens with one attached hydrogen (secondary N) is 2. The predicted octanol–water partition coefficient (Wildman–Crippen LogP) is 3.55. The number of hydrogen-bond donors (Lipinski definition) is 2. The van der Waals surface area contributed by atoms with Crippen LogP contribution in [0, 0.1) is 0 Å². The first-order valence-corrected chi connectivity index (χ1v) is 14.8. The molecule has 0 amide bonds. The lowest BCUT2D eigenvalue weighted by Crippen LogP contribution is -2.34. The maximum Gasteiger partial charge on any atom is 0.211 e. The molecular weight excluding hydrogens is 476 g/mol. The second-order valence-corrected chi connectivity index (χ2v) is 12.1. The van der Waals surface area contributed by atoms with Gasteiger partial charge in [0.05, 0.1) is 11.5 Å². The quantitative estimate of drug-likeness (QED) is 0.378. The molecule has 8 nitrogen and oxygen atoms in total. The van der Waals surface area contributed by atoms with Crippen LogP contribution >= 0.6 is 0 Å². The van der Waals surface area contributed by atoms with Gasteiger partial charge in [-0.1, -0.05) is 38.1 Å². The highest BCUT2D eigenvalue weighted by Crippen LogP contribution is 2.25. The van der Waals surface area contributed by atoms with Gasteiger partial charge in [0.15, 0.2) is 0 Å². The third kappa shape index (κ3) is 10.0. The first-order valence-electron chi connectivity index (χ1n) is 11.5. The minimum atomic E-state index is -3.26. The molecular formula is C24H36N2O6S2. The van der Waals surface area contributed by atoms with E-state index in [9.17, 15) is 16.8 Å². The van der Waals surface area contributed by atoms with Crippen LogP contribution in [0.3, 0.4) is 0 Å². The van der Waals surface area contributed by atoms with Crippen LogP contribution in [-0.2, 0) is 20.0 Å². The maximum atomic E-state index is 11.8. The van der Waals surface area contributed by atoms with Crippen molar-refractivity contribution in [2.24, 2.45) is 0 Å². The molecule has 0 radical (unpaired) electrons. The summed E-state index contributed by atoms with van der Waals surface area (Å²) in [6, 6.07) is 15.1. The zero-order valence-electron chi connectivity index (χ0n) is 20.3.